The average molecular weight is 360 g/mol. The Kier molecular flexibility index (Phi) is 4.27. The SMILES string of the molecule is CSC(=O)Oc1ccc2ccccc2c1-c1c(O)ccc2ccccc12. The van der Waals surface area contributed by atoms with Crippen LogP contribution in [-0.2, 0) is 0 Å². The van der Waals surface area contributed by atoms with Crippen LogP contribution < -0.4 is 4.74 Å². The van der Waals surface area contributed by atoms with Gasteiger partial charge in [-0.2, -0.15) is 0 Å². The van der Waals surface area contributed by atoms with Crippen LogP contribution in [0.3, 0.4) is 0 Å². The molecule has 0 aliphatic carbocycles. The molecule has 0 heterocycles. The smallest absolute Gasteiger partial charge is 0.372 e. The molecule has 4 heteroatoms. The van der Waals surface area contributed by atoms with Gasteiger partial charge in [0.25, 0.3) is 0 Å². The molecule has 0 radical (unpaired) electrons. The van der Waals surface area contributed by atoms with E-state index in [0.29, 0.717) is 11.3 Å². The van der Waals surface area contributed by atoms with Gasteiger partial charge in [-0.3, -0.25) is 0 Å². The van der Waals surface area contributed by atoms with E-state index in [-0.39, 0.29) is 11.1 Å². The molecular formula is C22H16O3S. The monoisotopic (exact) mass is 360 g/mol. The third-order valence-corrected chi connectivity index (χ3v) is 4.82. The number of carbonyl (C=O) groups excluding carboxylic acids is 1. The lowest BCUT2D eigenvalue weighted by molar-refractivity contribution is 0.227. The Hall–Kier alpha value is -2.98. The summed E-state index contributed by atoms with van der Waals surface area (Å²) in [4.78, 5) is 11.9. The van der Waals surface area contributed by atoms with Crippen molar-refractivity contribution in [1.29, 1.82) is 0 Å². The molecule has 0 amide bonds. The van der Waals surface area contributed by atoms with Crippen LogP contribution in [-0.4, -0.2) is 16.7 Å². The third-order valence-electron chi connectivity index (χ3n) is 4.41. The molecule has 4 aromatic carbocycles. The van der Waals surface area contributed by atoms with Crippen LogP contribution in [0.5, 0.6) is 11.5 Å². The molecule has 0 atom stereocenters. The number of phenols is 1. The van der Waals surface area contributed by atoms with Crippen molar-refractivity contribution >= 4 is 38.6 Å². The van der Waals surface area contributed by atoms with Gasteiger partial charge in [0.1, 0.15) is 11.5 Å². The van der Waals surface area contributed by atoms with E-state index in [4.69, 9.17) is 4.74 Å². The zero-order chi connectivity index (χ0) is 18.1. The number of phenolic OH excluding ortho intramolecular Hbond substituents is 1. The largest absolute Gasteiger partial charge is 0.507 e. The molecule has 0 aromatic heterocycles. The van der Waals surface area contributed by atoms with Crippen LogP contribution in [0.2, 0.25) is 0 Å². The van der Waals surface area contributed by atoms with Crippen molar-refractivity contribution in [3.63, 3.8) is 0 Å². The number of thioether (sulfide) groups is 1. The molecule has 4 aromatic rings. The summed E-state index contributed by atoms with van der Waals surface area (Å²) >= 11 is 1.01. The maximum absolute atomic E-state index is 11.9. The van der Waals surface area contributed by atoms with E-state index in [9.17, 15) is 9.90 Å². The van der Waals surface area contributed by atoms with Crippen molar-refractivity contribution in [2.24, 2.45) is 0 Å². The zero-order valence-electron chi connectivity index (χ0n) is 14.1. The molecule has 0 aliphatic heterocycles. The number of aromatic hydroxyl groups is 1. The van der Waals surface area contributed by atoms with E-state index in [1.165, 1.54) is 0 Å². The van der Waals surface area contributed by atoms with Crippen molar-refractivity contribution < 1.29 is 14.6 Å². The average Bonchev–Trinajstić information content (AvgIpc) is 2.68. The minimum Gasteiger partial charge on any atom is -0.507 e. The number of hydrogen-bond donors (Lipinski definition) is 1. The first-order valence-electron chi connectivity index (χ1n) is 8.17. The number of carbonyl (C=O) groups is 1. The molecule has 0 spiro atoms. The highest BCUT2D eigenvalue weighted by atomic mass is 32.2. The van der Waals surface area contributed by atoms with Crippen molar-refractivity contribution in [2.45, 2.75) is 0 Å². The molecule has 4 rings (SSSR count). The fraction of sp³-hybridized carbons (Fsp3) is 0.0455. The summed E-state index contributed by atoms with van der Waals surface area (Å²) in [6.45, 7) is 0. The van der Waals surface area contributed by atoms with Gasteiger partial charge in [-0.1, -0.05) is 60.7 Å². The Morgan fingerprint density at radius 1 is 0.808 bits per heavy atom. The predicted molar refractivity (Wildman–Crippen MR) is 108 cm³/mol. The van der Waals surface area contributed by atoms with Gasteiger partial charge in [0.15, 0.2) is 0 Å². The first-order valence-corrected chi connectivity index (χ1v) is 9.40. The van der Waals surface area contributed by atoms with Gasteiger partial charge in [0.2, 0.25) is 0 Å². The predicted octanol–water partition coefficient (Wildman–Crippen LogP) is 6.23. The van der Waals surface area contributed by atoms with Crippen molar-refractivity contribution in [2.75, 3.05) is 6.26 Å². The molecular weight excluding hydrogens is 344 g/mol. The fourth-order valence-electron chi connectivity index (χ4n) is 3.25. The first kappa shape index (κ1) is 16.5. The highest BCUT2D eigenvalue weighted by Crippen LogP contribution is 2.45. The highest BCUT2D eigenvalue weighted by Gasteiger charge is 2.19. The number of fused-ring (bicyclic) bond motifs is 2. The number of hydrogen-bond acceptors (Lipinski definition) is 4. The summed E-state index contributed by atoms with van der Waals surface area (Å²) < 4.78 is 5.57. The van der Waals surface area contributed by atoms with E-state index in [0.717, 1.165) is 38.9 Å². The number of benzene rings is 4. The summed E-state index contributed by atoms with van der Waals surface area (Å²) in [7, 11) is 0. The summed E-state index contributed by atoms with van der Waals surface area (Å²) in [5.41, 5.74) is 1.39. The summed E-state index contributed by atoms with van der Waals surface area (Å²) in [5.74, 6) is 0.594. The van der Waals surface area contributed by atoms with Gasteiger partial charge < -0.3 is 9.84 Å². The van der Waals surface area contributed by atoms with E-state index < -0.39 is 0 Å². The maximum atomic E-state index is 11.9. The topological polar surface area (TPSA) is 46.5 Å². The molecule has 0 saturated heterocycles. The Labute approximate surface area is 155 Å². The third kappa shape index (κ3) is 2.78. The van der Waals surface area contributed by atoms with Crippen LogP contribution in [0.25, 0.3) is 32.7 Å². The highest BCUT2D eigenvalue weighted by molar-refractivity contribution is 8.12. The standard InChI is InChI=1S/C22H16O3S/c1-26-22(24)25-19-13-11-15-7-3-5-9-17(15)21(19)20-16-8-4-2-6-14(16)10-12-18(20)23/h2-13,23H,1H3. The Morgan fingerprint density at radius 2 is 1.38 bits per heavy atom. The molecule has 1 N–H and O–H groups in total. The molecule has 3 nitrogen and oxygen atoms in total. The summed E-state index contributed by atoms with van der Waals surface area (Å²) in [5, 5.41) is 14.2. The summed E-state index contributed by atoms with van der Waals surface area (Å²) in [6, 6.07) is 23.0. The van der Waals surface area contributed by atoms with Gasteiger partial charge in [-0.05, 0) is 51.7 Å². The van der Waals surface area contributed by atoms with Gasteiger partial charge in [-0.25, -0.2) is 4.79 Å². The molecule has 0 aliphatic rings. The van der Waals surface area contributed by atoms with Gasteiger partial charge in [0.05, 0.1) is 0 Å². The van der Waals surface area contributed by atoms with Crippen LogP contribution in [0, 0.1) is 0 Å². The second-order valence-corrected chi connectivity index (χ2v) is 6.64. The minimum atomic E-state index is -0.388. The molecule has 26 heavy (non-hydrogen) atoms. The van der Waals surface area contributed by atoms with E-state index in [2.05, 4.69) is 0 Å². The number of rotatable bonds is 2. The molecule has 0 fully saturated rings. The van der Waals surface area contributed by atoms with Crippen molar-refractivity contribution in [1.82, 2.24) is 0 Å². The van der Waals surface area contributed by atoms with Crippen molar-refractivity contribution in [3.05, 3.63) is 72.8 Å². The van der Waals surface area contributed by atoms with E-state index >= 15 is 0 Å². The normalized spacial score (nSPS) is 11.0. The number of ether oxygens (including phenoxy) is 1. The lowest BCUT2D eigenvalue weighted by Crippen LogP contribution is -2.01. The van der Waals surface area contributed by atoms with E-state index in [1.807, 2.05) is 60.7 Å². The second kappa shape index (κ2) is 6.73. The maximum Gasteiger partial charge on any atom is 0.372 e. The van der Waals surface area contributed by atoms with Gasteiger partial charge in [0, 0.05) is 11.1 Å². The van der Waals surface area contributed by atoms with Crippen molar-refractivity contribution in [3.8, 4) is 22.6 Å². The Morgan fingerprint density at radius 3 is 2.04 bits per heavy atom. The quantitative estimate of drug-likeness (QED) is 0.431. The Bertz CT molecular complexity index is 1130. The van der Waals surface area contributed by atoms with Gasteiger partial charge >= 0.3 is 5.30 Å². The zero-order valence-corrected chi connectivity index (χ0v) is 14.9. The van der Waals surface area contributed by atoms with Crippen LogP contribution in [0.15, 0.2) is 72.8 Å². The van der Waals surface area contributed by atoms with Crippen LogP contribution in [0.4, 0.5) is 4.79 Å². The second-order valence-electron chi connectivity index (χ2n) is 5.90. The molecule has 0 bridgehead atoms. The lowest BCUT2D eigenvalue weighted by atomic mass is 9.92. The fourth-order valence-corrected chi connectivity index (χ4v) is 3.42. The summed E-state index contributed by atoms with van der Waals surface area (Å²) in [6.07, 6.45) is 1.68. The van der Waals surface area contributed by atoms with E-state index in [1.54, 1.807) is 18.4 Å². The first-order chi connectivity index (χ1) is 12.7. The molecule has 0 unspecified atom stereocenters. The lowest BCUT2D eigenvalue weighted by Gasteiger charge is -2.16. The molecule has 0 saturated carbocycles. The minimum absolute atomic E-state index is 0.154. The van der Waals surface area contributed by atoms with Crippen LogP contribution in [0.1, 0.15) is 0 Å². The Balaban J connectivity index is 2.12. The molecule has 128 valence electrons. The van der Waals surface area contributed by atoms with Crippen LogP contribution >= 0.6 is 11.8 Å². The van der Waals surface area contributed by atoms with Gasteiger partial charge in [-0.15, -0.1) is 0 Å².